The predicted molar refractivity (Wildman–Crippen MR) is 81.9 cm³/mol. The summed E-state index contributed by atoms with van der Waals surface area (Å²) in [5.74, 6) is 0. The number of rotatable bonds is 4. The van der Waals surface area contributed by atoms with E-state index in [0.717, 1.165) is 24.8 Å². The van der Waals surface area contributed by atoms with Crippen LogP contribution in [0.2, 0.25) is 0 Å². The van der Waals surface area contributed by atoms with Gasteiger partial charge in [-0.25, -0.2) is 4.79 Å². The lowest BCUT2D eigenvalue weighted by Crippen LogP contribution is -2.48. The molecule has 0 aromatic heterocycles. The highest BCUT2D eigenvalue weighted by Crippen LogP contribution is 2.49. The maximum absolute atomic E-state index is 12.1. The highest BCUT2D eigenvalue weighted by molar-refractivity contribution is 5.68. The summed E-state index contributed by atoms with van der Waals surface area (Å²) in [5, 5.41) is 12.8. The van der Waals surface area contributed by atoms with E-state index in [1.807, 2.05) is 51.1 Å². The van der Waals surface area contributed by atoms with Crippen molar-refractivity contribution in [1.29, 1.82) is 0 Å². The summed E-state index contributed by atoms with van der Waals surface area (Å²) in [5.41, 5.74) is 0.215. The van der Waals surface area contributed by atoms with Crippen LogP contribution in [0.1, 0.15) is 51.6 Å². The molecule has 1 unspecified atom stereocenters. The van der Waals surface area contributed by atoms with Crippen LogP contribution in [0.3, 0.4) is 0 Å². The molecule has 4 heteroatoms. The number of alkyl carbamates (subject to hydrolysis) is 1. The number of hydrogen-bond acceptors (Lipinski definition) is 3. The predicted octanol–water partition coefficient (Wildman–Crippen LogP) is 3.42. The monoisotopic (exact) mass is 291 g/mol. The molecule has 1 fully saturated rings. The van der Waals surface area contributed by atoms with Gasteiger partial charge in [0, 0.05) is 5.41 Å². The number of amides is 1. The van der Waals surface area contributed by atoms with Gasteiger partial charge in [0.2, 0.25) is 0 Å². The molecular formula is C17H25NO3. The van der Waals surface area contributed by atoms with Crippen LogP contribution < -0.4 is 5.32 Å². The first-order chi connectivity index (χ1) is 9.86. The van der Waals surface area contributed by atoms with E-state index in [9.17, 15) is 9.90 Å². The summed E-state index contributed by atoms with van der Waals surface area (Å²) in [7, 11) is 0. The molecule has 1 aliphatic rings. The number of nitrogens with one attached hydrogen (secondary N) is 1. The number of aliphatic hydroxyl groups excluding tert-OH is 1. The van der Waals surface area contributed by atoms with Crippen LogP contribution in [0, 0.1) is 5.41 Å². The van der Waals surface area contributed by atoms with Crippen molar-refractivity contribution in [2.75, 3.05) is 6.61 Å². The van der Waals surface area contributed by atoms with Crippen molar-refractivity contribution in [3.8, 4) is 0 Å². The fraction of sp³-hybridized carbons (Fsp3) is 0.588. The quantitative estimate of drug-likeness (QED) is 0.893. The molecule has 0 bridgehead atoms. The van der Waals surface area contributed by atoms with Gasteiger partial charge < -0.3 is 15.2 Å². The van der Waals surface area contributed by atoms with Crippen molar-refractivity contribution >= 4 is 6.09 Å². The SMILES string of the molecule is CC(C)(C)OC(=O)NC(c1ccccc1)C1(CO)CCC1. The largest absolute Gasteiger partial charge is 0.444 e. The van der Waals surface area contributed by atoms with Gasteiger partial charge in [-0.05, 0) is 39.2 Å². The van der Waals surface area contributed by atoms with Gasteiger partial charge in [-0.1, -0.05) is 36.8 Å². The van der Waals surface area contributed by atoms with Crippen molar-refractivity contribution in [1.82, 2.24) is 5.32 Å². The third-order valence-electron chi connectivity index (χ3n) is 4.07. The van der Waals surface area contributed by atoms with Crippen molar-refractivity contribution in [2.24, 2.45) is 5.41 Å². The van der Waals surface area contributed by atoms with Gasteiger partial charge in [-0.15, -0.1) is 0 Å². The van der Waals surface area contributed by atoms with Crippen molar-refractivity contribution in [3.05, 3.63) is 35.9 Å². The maximum Gasteiger partial charge on any atom is 0.408 e. The molecular weight excluding hydrogens is 266 g/mol. The van der Waals surface area contributed by atoms with E-state index in [4.69, 9.17) is 4.74 Å². The van der Waals surface area contributed by atoms with E-state index < -0.39 is 11.7 Å². The zero-order chi connectivity index (χ0) is 15.5. The lowest BCUT2D eigenvalue weighted by atomic mass is 9.63. The Balaban J connectivity index is 2.19. The zero-order valence-electron chi connectivity index (χ0n) is 13.1. The molecule has 1 atom stereocenters. The van der Waals surface area contributed by atoms with E-state index in [0.29, 0.717) is 0 Å². The number of ether oxygens (including phenoxy) is 1. The lowest BCUT2D eigenvalue weighted by Gasteiger charge is -2.46. The van der Waals surface area contributed by atoms with E-state index in [1.54, 1.807) is 0 Å². The van der Waals surface area contributed by atoms with Crippen LogP contribution in [0.5, 0.6) is 0 Å². The Bertz CT molecular complexity index is 469. The molecule has 0 aliphatic heterocycles. The molecule has 0 heterocycles. The molecule has 2 rings (SSSR count). The first-order valence-corrected chi connectivity index (χ1v) is 7.52. The number of benzene rings is 1. The molecule has 116 valence electrons. The van der Waals surface area contributed by atoms with Gasteiger partial charge in [0.1, 0.15) is 5.60 Å². The second-order valence-corrected chi connectivity index (χ2v) is 6.86. The summed E-state index contributed by atoms with van der Waals surface area (Å²) >= 11 is 0. The number of aliphatic hydroxyl groups is 1. The van der Waals surface area contributed by atoms with Crippen molar-refractivity contribution in [2.45, 2.75) is 51.7 Å². The maximum atomic E-state index is 12.1. The number of carbonyl (C=O) groups is 1. The second-order valence-electron chi connectivity index (χ2n) is 6.86. The van der Waals surface area contributed by atoms with E-state index in [-0.39, 0.29) is 18.1 Å². The first kappa shape index (κ1) is 15.8. The van der Waals surface area contributed by atoms with Gasteiger partial charge in [0.05, 0.1) is 12.6 Å². The van der Waals surface area contributed by atoms with Crippen LogP contribution in [0.15, 0.2) is 30.3 Å². The normalized spacial score (nSPS) is 18.5. The molecule has 21 heavy (non-hydrogen) atoms. The Morgan fingerprint density at radius 1 is 1.33 bits per heavy atom. The Morgan fingerprint density at radius 2 is 1.95 bits per heavy atom. The highest BCUT2D eigenvalue weighted by atomic mass is 16.6. The average Bonchev–Trinajstić information content (AvgIpc) is 2.36. The summed E-state index contributed by atoms with van der Waals surface area (Å²) in [6.07, 6.45) is 2.48. The standard InChI is InChI=1S/C17H25NO3/c1-16(2,3)21-15(20)18-14(13-8-5-4-6-9-13)17(12-19)10-7-11-17/h4-6,8-9,14,19H,7,10-12H2,1-3H3,(H,18,20). The average molecular weight is 291 g/mol. The Morgan fingerprint density at radius 3 is 2.38 bits per heavy atom. The summed E-state index contributed by atoms with van der Waals surface area (Å²) in [6.45, 7) is 5.60. The number of hydrogen-bond donors (Lipinski definition) is 2. The third-order valence-corrected chi connectivity index (χ3v) is 4.07. The smallest absolute Gasteiger partial charge is 0.408 e. The summed E-state index contributed by atoms with van der Waals surface area (Å²) in [6, 6.07) is 9.59. The minimum absolute atomic E-state index is 0.0718. The van der Waals surface area contributed by atoms with E-state index in [2.05, 4.69) is 5.32 Å². The molecule has 0 spiro atoms. The summed E-state index contributed by atoms with van der Waals surface area (Å²) in [4.78, 5) is 12.1. The van der Waals surface area contributed by atoms with Crippen LogP contribution in [-0.4, -0.2) is 23.4 Å². The van der Waals surface area contributed by atoms with Crippen molar-refractivity contribution < 1.29 is 14.6 Å². The Kier molecular flexibility index (Phi) is 4.57. The molecule has 0 saturated heterocycles. The van der Waals surface area contributed by atoms with Crippen molar-refractivity contribution in [3.63, 3.8) is 0 Å². The van der Waals surface area contributed by atoms with E-state index >= 15 is 0 Å². The Hall–Kier alpha value is -1.55. The van der Waals surface area contributed by atoms with Crippen LogP contribution in [0.4, 0.5) is 4.79 Å². The molecule has 1 aliphatic carbocycles. The molecule has 1 amide bonds. The van der Waals surface area contributed by atoms with Gasteiger partial charge >= 0.3 is 6.09 Å². The van der Waals surface area contributed by atoms with Crippen LogP contribution >= 0.6 is 0 Å². The summed E-state index contributed by atoms with van der Waals surface area (Å²) < 4.78 is 5.37. The minimum atomic E-state index is -0.530. The van der Waals surface area contributed by atoms with Gasteiger partial charge in [0.15, 0.2) is 0 Å². The number of carbonyl (C=O) groups excluding carboxylic acids is 1. The van der Waals surface area contributed by atoms with Crippen LogP contribution in [0.25, 0.3) is 0 Å². The molecule has 2 N–H and O–H groups in total. The Labute approximate surface area is 126 Å². The third kappa shape index (κ3) is 3.76. The van der Waals surface area contributed by atoms with Gasteiger partial charge in [-0.2, -0.15) is 0 Å². The lowest BCUT2D eigenvalue weighted by molar-refractivity contribution is -0.00402. The fourth-order valence-electron chi connectivity index (χ4n) is 2.83. The molecule has 1 saturated carbocycles. The van der Waals surface area contributed by atoms with Gasteiger partial charge in [-0.3, -0.25) is 0 Å². The topological polar surface area (TPSA) is 58.6 Å². The fourth-order valence-corrected chi connectivity index (χ4v) is 2.83. The minimum Gasteiger partial charge on any atom is -0.444 e. The van der Waals surface area contributed by atoms with Crippen LogP contribution in [-0.2, 0) is 4.74 Å². The zero-order valence-corrected chi connectivity index (χ0v) is 13.1. The van der Waals surface area contributed by atoms with E-state index in [1.165, 1.54) is 0 Å². The van der Waals surface area contributed by atoms with Gasteiger partial charge in [0.25, 0.3) is 0 Å². The molecule has 0 radical (unpaired) electrons. The molecule has 1 aromatic rings. The molecule has 1 aromatic carbocycles. The molecule has 4 nitrogen and oxygen atoms in total. The highest BCUT2D eigenvalue weighted by Gasteiger charge is 2.45. The first-order valence-electron chi connectivity index (χ1n) is 7.52. The second kappa shape index (κ2) is 6.06.